The summed E-state index contributed by atoms with van der Waals surface area (Å²) in [6.07, 6.45) is 2.11. The molecule has 7 nitrogen and oxygen atoms in total. The Bertz CT molecular complexity index is 873. The van der Waals surface area contributed by atoms with Crippen molar-refractivity contribution < 1.29 is 28.9 Å². The van der Waals surface area contributed by atoms with Crippen LogP contribution in [0.1, 0.15) is 37.9 Å². The normalized spacial score (nSPS) is 12.2. The number of hydrogen-bond acceptors (Lipinski definition) is 4. The van der Waals surface area contributed by atoms with Gasteiger partial charge in [0.05, 0.1) is 11.1 Å². The van der Waals surface area contributed by atoms with E-state index in [-0.39, 0.29) is 22.3 Å². The number of rotatable bonds is 7. The van der Waals surface area contributed by atoms with Crippen molar-refractivity contribution in [2.24, 2.45) is 5.73 Å². The number of nitrogens with two attached hydrogens (primary N) is 1. The van der Waals surface area contributed by atoms with Gasteiger partial charge in [-0.1, -0.05) is 30.3 Å². The van der Waals surface area contributed by atoms with Crippen molar-refractivity contribution in [1.82, 2.24) is 0 Å². The highest BCUT2D eigenvalue weighted by atomic mass is 16.4. The number of amides is 2. The SMILES string of the molecule is NC(=O)c1ccccc1C(C=O)[N+](C=O)=Cc1ccccc1C(=O)O. The average Bonchev–Trinajstić information content (AvgIpc) is 2.61. The van der Waals surface area contributed by atoms with E-state index in [1.165, 1.54) is 30.5 Å². The first kappa shape index (κ1) is 17.7. The summed E-state index contributed by atoms with van der Waals surface area (Å²) in [7, 11) is 0. The van der Waals surface area contributed by atoms with Crippen LogP contribution in [0.25, 0.3) is 0 Å². The molecule has 0 aliphatic heterocycles. The molecule has 1 atom stereocenters. The first-order valence-electron chi connectivity index (χ1n) is 7.23. The van der Waals surface area contributed by atoms with Gasteiger partial charge in [-0.2, -0.15) is 4.58 Å². The Labute approximate surface area is 143 Å². The third-order valence-electron chi connectivity index (χ3n) is 3.60. The van der Waals surface area contributed by atoms with E-state index in [1.807, 2.05) is 0 Å². The Balaban J connectivity index is 2.60. The van der Waals surface area contributed by atoms with Crippen LogP contribution in [0.2, 0.25) is 0 Å². The maximum Gasteiger partial charge on any atom is 0.375 e. The molecule has 0 saturated heterocycles. The summed E-state index contributed by atoms with van der Waals surface area (Å²) < 4.78 is 0.997. The predicted molar refractivity (Wildman–Crippen MR) is 88.7 cm³/mol. The van der Waals surface area contributed by atoms with E-state index in [1.54, 1.807) is 24.3 Å². The minimum Gasteiger partial charge on any atom is -0.478 e. The second-order valence-corrected chi connectivity index (χ2v) is 5.11. The van der Waals surface area contributed by atoms with Crippen LogP contribution < -0.4 is 5.73 Å². The molecule has 0 radical (unpaired) electrons. The van der Waals surface area contributed by atoms with Gasteiger partial charge in [-0.05, 0) is 18.2 Å². The third kappa shape index (κ3) is 3.84. The lowest BCUT2D eigenvalue weighted by Gasteiger charge is -2.10. The second-order valence-electron chi connectivity index (χ2n) is 5.11. The van der Waals surface area contributed by atoms with Gasteiger partial charge in [0.25, 0.3) is 0 Å². The second kappa shape index (κ2) is 7.78. The van der Waals surface area contributed by atoms with Gasteiger partial charge in [-0.25, -0.2) is 9.59 Å². The van der Waals surface area contributed by atoms with Crippen molar-refractivity contribution in [2.75, 3.05) is 0 Å². The molecule has 1 unspecified atom stereocenters. The molecule has 0 bridgehead atoms. The number of carbonyl (C=O) groups is 4. The van der Waals surface area contributed by atoms with Crippen LogP contribution in [0.4, 0.5) is 0 Å². The van der Waals surface area contributed by atoms with Gasteiger partial charge in [0, 0.05) is 11.1 Å². The minimum atomic E-state index is -1.17. The molecule has 0 fully saturated rings. The maximum atomic E-state index is 11.6. The highest BCUT2D eigenvalue weighted by Gasteiger charge is 2.27. The molecule has 0 aromatic heterocycles. The Morgan fingerprint density at radius 2 is 1.60 bits per heavy atom. The number of carboxylic acid groups (broad SMARTS) is 1. The van der Waals surface area contributed by atoms with Gasteiger partial charge in [0.2, 0.25) is 11.9 Å². The van der Waals surface area contributed by atoms with Gasteiger partial charge in [0.15, 0.2) is 12.5 Å². The molecular formula is C18H15N2O5+. The zero-order chi connectivity index (χ0) is 18.4. The van der Waals surface area contributed by atoms with Crippen molar-refractivity contribution in [3.8, 4) is 0 Å². The summed E-state index contributed by atoms with van der Waals surface area (Å²) in [5.41, 5.74) is 5.89. The number of carbonyl (C=O) groups excluding carboxylic acids is 3. The van der Waals surface area contributed by atoms with E-state index in [0.29, 0.717) is 12.7 Å². The lowest BCUT2D eigenvalue weighted by molar-refractivity contribution is -0.458. The molecule has 2 amide bonds. The van der Waals surface area contributed by atoms with Crippen molar-refractivity contribution >= 4 is 30.8 Å². The quantitative estimate of drug-likeness (QED) is 0.443. The monoisotopic (exact) mass is 339 g/mol. The zero-order valence-corrected chi connectivity index (χ0v) is 13.0. The first-order chi connectivity index (χ1) is 12.0. The van der Waals surface area contributed by atoms with Gasteiger partial charge < -0.3 is 10.8 Å². The van der Waals surface area contributed by atoms with Crippen molar-refractivity contribution in [1.29, 1.82) is 0 Å². The molecule has 0 aliphatic rings. The Morgan fingerprint density at radius 1 is 1.00 bits per heavy atom. The fraction of sp³-hybridized carbons (Fsp3) is 0.0556. The molecule has 2 aromatic rings. The number of primary amides is 1. The van der Waals surface area contributed by atoms with Gasteiger partial charge in [0.1, 0.15) is 0 Å². The molecule has 7 heteroatoms. The van der Waals surface area contributed by atoms with E-state index < -0.39 is 17.9 Å². The number of carboxylic acids is 1. The van der Waals surface area contributed by atoms with Crippen LogP contribution in [0.3, 0.4) is 0 Å². The standard InChI is InChI=1S/C18H14N2O5/c19-17(23)15-8-4-3-7-14(15)16(10-21)20(11-22)9-12-5-1-2-6-13(12)18(24)25/h1-11,16H,(H2-,19,23,24,25)/p+1. The summed E-state index contributed by atoms with van der Waals surface area (Å²) in [4.78, 5) is 46.0. The zero-order valence-electron chi connectivity index (χ0n) is 13.0. The van der Waals surface area contributed by atoms with Crippen LogP contribution in [0.15, 0.2) is 48.5 Å². The first-order valence-corrected chi connectivity index (χ1v) is 7.23. The smallest absolute Gasteiger partial charge is 0.375 e. The fourth-order valence-corrected chi connectivity index (χ4v) is 2.42. The van der Waals surface area contributed by atoms with E-state index in [9.17, 15) is 24.3 Å². The van der Waals surface area contributed by atoms with E-state index in [4.69, 9.17) is 5.73 Å². The highest BCUT2D eigenvalue weighted by Crippen LogP contribution is 2.19. The van der Waals surface area contributed by atoms with E-state index >= 15 is 0 Å². The highest BCUT2D eigenvalue weighted by molar-refractivity contribution is 5.98. The Kier molecular flexibility index (Phi) is 5.52. The van der Waals surface area contributed by atoms with Crippen LogP contribution in [0, 0.1) is 0 Å². The van der Waals surface area contributed by atoms with Crippen LogP contribution in [-0.2, 0) is 9.59 Å². The molecule has 0 heterocycles. The summed E-state index contributed by atoms with van der Waals surface area (Å²) in [6, 6.07) is 11.1. The molecular weight excluding hydrogens is 324 g/mol. The Morgan fingerprint density at radius 3 is 2.16 bits per heavy atom. The lowest BCUT2D eigenvalue weighted by Crippen LogP contribution is -2.25. The number of nitrogens with zero attached hydrogens (tertiary/aromatic N) is 1. The van der Waals surface area contributed by atoms with Crippen LogP contribution >= 0.6 is 0 Å². The number of aldehydes is 1. The van der Waals surface area contributed by atoms with E-state index in [2.05, 4.69) is 0 Å². The molecule has 0 saturated carbocycles. The van der Waals surface area contributed by atoms with E-state index in [0.717, 1.165) is 4.58 Å². The molecule has 0 spiro atoms. The minimum absolute atomic E-state index is 0.0258. The molecule has 0 aliphatic carbocycles. The van der Waals surface area contributed by atoms with Crippen molar-refractivity contribution in [3.05, 3.63) is 70.8 Å². The maximum absolute atomic E-state index is 11.6. The predicted octanol–water partition coefficient (Wildman–Crippen LogP) is 1.01. The van der Waals surface area contributed by atoms with Gasteiger partial charge in [-0.15, -0.1) is 0 Å². The van der Waals surface area contributed by atoms with Gasteiger partial charge >= 0.3 is 12.4 Å². The number of hydrogen-bond donors (Lipinski definition) is 2. The van der Waals surface area contributed by atoms with Crippen molar-refractivity contribution in [3.63, 3.8) is 0 Å². The molecule has 126 valence electrons. The summed E-state index contributed by atoms with van der Waals surface area (Å²) in [5.74, 6) is -1.91. The van der Waals surface area contributed by atoms with Gasteiger partial charge in [-0.3, -0.25) is 9.59 Å². The topological polar surface area (TPSA) is 118 Å². The molecule has 2 rings (SSSR count). The van der Waals surface area contributed by atoms with Crippen LogP contribution in [0.5, 0.6) is 0 Å². The number of benzene rings is 2. The summed E-state index contributed by atoms with van der Waals surface area (Å²) >= 11 is 0. The fourth-order valence-electron chi connectivity index (χ4n) is 2.42. The number of aromatic carboxylic acids is 1. The molecule has 2 aromatic carbocycles. The van der Waals surface area contributed by atoms with Crippen molar-refractivity contribution in [2.45, 2.75) is 6.04 Å². The Hall–Kier alpha value is -3.61. The summed E-state index contributed by atoms with van der Waals surface area (Å²) in [6.45, 7) is 0. The largest absolute Gasteiger partial charge is 0.478 e. The third-order valence-corrected chi connectivity index (χ3v) is 3.60. The molecule has 3 N–H and O–H groups in total. The average molecular weight is 339 g/mol. The van der Waals surface area contributed by atoms with Crippen LogP contribution in [-0.4, -0.2) is 40.5 Å². The molecule has 25 heavy (non-hydrogen) atoms. The lowest BCUT2D eigenvalue weighted by atomic mass is 10.00. The summed E-state index contributed by atoms with van der Waals surface area (Å²) in [5, 5.41) is 9.22.